The van der Waals surface area contributed by atoms with Crippen molar-refractivity contribution in [1.82, 2.24) is 15.6 Å². The van der Waals surface area contributed by atoms with Crippen LogP contribution < -0.4 is 11.1 Å². The maximum absolute atomic E-state index is 12.3. The molecule has 26 heavy (non-hydrogen) atoms. The van der Waals surface area contributed by atoms with E-state index in [1.54, 1.807) is 0 Å². The molecule has 3 aromatic rings. The van der Waals surface area contributed by atoms with Crippen molar-refractivity contribution in [1.29, 1.82) is 0 Å². The molecular formula is C18H16N4O4. The average Bonchev–Trinajstić information content (AvgIpc) is 3.11. The first-order valence-corrected chi connectivity index (χ1v) is 7.79. The van der Waals surface area contributed by atoms with Gasteiger partial charge in [0.05, 0.1) is 6.04 Å². The van der Waals surface area contributed by atoms with Gasteiger partial charge in [0.1, 0.15) is 0 Å². The summed E-state index contributed by atoms with van der Waals surface area (Å²) in [4.78, 5) is 24.1. The molecular weight excluding hydrogens is 336 g/mol. The van der Waals surface area contributed by atoms with E-state index in [4.69, 9.17) is 10.5 Å². The fraction of sp³-hybridized carbons (Fsp3) is 0.111. The number of benzene rings is 2. The first-order chi connectivity index (χ1) is 12.6. The SMILES string of the molecule is Nc1nonc1C(=O)OCC(=O)NC(c1ccccc1)c1ccccc1. The van der Waals surface area contributed by atoms with Crippen molar-refractivity contribution in [3.63, 3.8) is 0 Å². The number of amides is 1. The van der Waals surface area contributed by atoms with Crippen LogP contribution in [-0.2, 0) is 9.53 Å². The van der Waals surface area contributed by atoms with Crippen molar-refractivity contribution in [2.45, 2.75) is 6.04 Å². The highest BCUT2D eigenvalue weighted by Gasteiger charge is 2.21. The maximum atomic E-state index is 12.3. The monoisotopic (exact) mass is 352 g/mol. The van der Waals surface area contributed by atoms with Crippen LogP contribution in [-0.4, -0.2) is 28.8 Å². The number of nitrogens with two attached hydrogens (primary N) is 1. The summed E-state index contributed by atoms with van der Waals surface area (Å²) in [7, 11) is 0. The van der Waals surface area contributed by atoms with Crippen LogP contribution in [0.3, 0.4) is 0 Å². The molecule has 3 N–H and O–H groups in total. The zero-order valence-corrected chi connectivity index (χ0v) is 13.7. The number of carbonyl (C=O) groups is 2. The number of aromatic nitrogens is 2. The van der Waals surface area contributed by atoms with Gasteiger partial charge >= 0.3 is 5.97 Å². The molecule has 0 aliphatic rings. The second-order valence-corrected chi connectivity index (χ2v) is 5.40. The Morgan fingerprint density at radius 2 is 1.58 bits per heavy atom. The first kappa shape index (κ1) is 17.2. The summed E-state index contributed by atoms with van der Waals surface area (Å²) in [6.45, 7) is -0.485. The molecule has 0 unspecified atom stereocenters. The highest BCUT2D eigenvalue weighted by atomic mass is 16.6. The van der Waals surface area contributed by atoms with Crippen LogP contribution in [0.2, 0.25) is 0 Å². The molecule has 1 amide bonds. The van der Waals surface area contributed by atoms with Crippen LogP contribution in [0.4, 0.5) is 5.82 Å². The van der Waals surface area contributed by atoms with Crippen molar-refractivity contribution in [3.8, 4) is 0 Å². The van der Waals surface area contributed by atoms with E-state index in [9.17, 15) is 9.59 Å². The van der Waals surface area contributed by atoms with E-state index in [0.717, 1.165) is 11.1 Å². The molecule has 0 bridgehead atoms. The van der Waals surface area contributed by atoms with Gasteiger partial charge in [-0.1, -0.05) is 60.7 Å². The van der Waals surface area contributed by atoms with E-state index in [-0.39, 0.29) is 17.6 Å². The summed E-state index contributed by atoms with van der Waals surface area (Å²) in [5.74, 6) is -1.54. The molecule has 0 atom stereocenters. The second kappa shape index (κ2) is 7.93. The van der Waals surface area contributed by atoms with E-state index in [1.807, 2.05) is 60.7 Å². The third-order valence-corrected chi connectivity index (χ3v) is 3.61. The van der Waals surface area contributed by atoms with Crippen molar-refractivity contribution < 1.29 is 19.0 Å². The quantitative estimate of drug-likeness (QED) is 0.648. The molecule has 0 spiro atoms. The summed E-state index contributed by atoms with van der Waals surface area (Å²) < 4.78 is 9.24. The predicted octanol–water partition coefficient (Wildman–Crippen LogP) is 1.71. The summed E-state index contributed by atoms with van der Waals surface area (Å²) in [6, 6.07) is 18.6. The van der Waals surface area contributed by atoms with Crippen molar-refractivity contribution in [3.05, 3.63) is 77.5 Å². The molecule has 1 heterocycles. The van der Waals surface area contributed by atoms with E-state index in [2.05, 4.69) is 20.3 Å². The average molecular weight is 352 g/mol. The molecule has 2 aromatic carbocycles. The number of esters is 1. The number of carbonyl (C=O) groups excluding carboxylic acids is 2. The lowest BCUT2D eigenvalue weighted by atomic mass is 9.99. The Morgan fingerprint density at radius 3 is 2.08 bits per heavy atom. The highest BCUT2D eigenvalue weighted by Crippen LogP contribution is 2.21. The summed E-state index contributed by atoms with van der Waals surface area (Å²) in [5.41, 5.74) is 6.96. The number of nitrogens with one attached hydrogen (secondary N) is 1. The molecule has 0 aliphatic heterocycles. The van der Waals surface area contributed by atoms with Crippen LogP contribution in [0.25, 0.3) is 0 Å². The van der Waals surface area contributed by atoms with Gasteiger partial charge in [-0.2, -0.15) is 0 Å². The van der Waals surface area contributed by atoms with E-state index in [0.29, 0.717) is 0 Å². The summed E-state index contributed by atoms with van der Waals surface area (Å²) in [6.07, 6.45) is 0. The smallest absolute Gasteiger partial charge is 0.365 e. The van der Waals surface area contributed by atoms with Crippen LogP contribution in [0.1, 0.15) is 27.7 Å². The van der Waals surface area contributed by atoms with Crippen molar-refractivity contribution in [2.75, 3.05) is 12.3 Å². The Bertz CT molecular complexity index is 841. The van der Waals surface area contributed by atoms with Gasteiger partial charge in [0.15, 0.2) is 6.61 Å². The van der Waals surface area contributed by atoms with Crippen LogP contribution in [0, 0.1) is 0 Å². The summed E-state index contributed by atoms with van der Waals surface area (Å²) >= 11 is 0. The van der Waals surface area contributed by atoms with Crippen molar-refractivity contribution in [2.24, 2.45) is 0 Å². The standard InChI is InChI=1S/C18H16N4O4/c19-17-16(21-26-22-17)18(24)25-11-14(23)20-15(12-7-3-1-4-8-12)13-9-5-2-6-10-13/h1-10,15H,11H2,(H2,19,22)(H,20,23). The molecule has 8 heteroatoms. The first-order valence-electron chi connectivity index (χ1n) is 7.79. The third kappa shape index (κ3) is 4.04. The van der Waals surface area contributed by atoms with E-state index < -0.39 is 18.5 Å². The van der Waals surface area contributed by atoms with Crippen molar-refractivity contribution >= 4 is 17.7 Å². The lowest BCUT2D eigenvalue weighted by Crippen LogP contribution is -2.33. The normalized spacial score (nSPS) is 10.5. The minimum Gasteiger partial charge on any atom is -0.451 e. The van der Waals surface area contributed by atoms with Gasteiger partial charge in [-0.15, -0.1) is 0 Å². The molecule has 1 aromatic heterocycles. The minimum atomic E-state index is -0.880. The van der Waals surface area contributed by atoms with Gasteiger partial charge in [-0.25, -0.2) is 9.42 Å². The summed E-state index contributed by atoms with van der Waals surface area (Å²) in [5, 5.41) is 9.47. The fourth-order valence-corrected chi connectivity index (χ4v) is 2.39. The molecule has 0 radical (unpaired) electrons. The zero-order valence-electron chi connectivity index (χ0n) is 13.7. The lowest BCUT2D eigenvalue weighted by Gasteiger charge is -2.19. The molecule has 0 fully saturated rings. The number of nitrogen functional groups attached to an aromatic ring is 1. The lowest BCUT2D eigenvalue weighted by molar-refractivity contribution is -0.124. The van der Waals surface area contributed by atoms with E-state index >= 15 is 0 Å². The van der Waals surface area contributed by atoms with Gasteiger partial charge in [0.2, 0.25) is 11.5 Å². The Kier molecular flexibility index (Phi) is 5.23. The molecule has 3 rings (SSSR count). The third-order valence-electron chi connectivity index (χ3n) is 3.61. The van der Waals surface area contributed by atoms with Gasteiger partial charge < -0.3 is 15.8 Å². The Balaban J connectivity index is 1.68. The number of hydrogen-bond acceptors (Lipinski definition) is 7. The maximum Gasteiger partial charge on any atom is 0.365 e. The van der Waals surface area contributed by atoms with Gasteiger partial charge in [0.25, 0.3) is 5.91 Å². The van der Waals surface area contributed by atoms with Gasteiger partial charge in [0, 0.05) is 0 Å². The number of rotatable bonds is 6. The number of nitrogens with zero attached hydrogens (tertiary/aromatic N) is 2. The van der Waals surface area contributed by atoms with Gasteiger partial charge in [-0.3, -0.25) is 4.79 Å². The van der Waals surface area contributed by atoms with E-state index in [1.165, 1.54) is 0 Å². The molecule has 0 saturated heterocycles. The molecule has 0 saturated carbocycles. The number of hydrogen-bond donors (Lipinski definition) is 2. The topological polar surface area (TPSA) is 120 Å². The number of ether oxygens (including phenoxy) is 1. The minimum absolute atomic E-state index is 0.193. The fourth-order valence-electron chi connectivity index (χ4n) is 2.39. The Hall–Kier alpha value is -3.68. The van der Waals surface area contributed by atoms with Gasteiger partial charge in [-0.05, 0) is 21.4 Å². The molecule has 0 aliphatic carbocycles. The predicted molar refractivity (Wildman–Crippen MR) is 91.9 cm³/mol. The number of anilines is 1. The van der Waals surface area contributed by atoms with Crippen LogP contribution in [0.15, 0.2) is 65.3 Å². The highest BCUT2D eigenvalue weighted by molar-refractivity contribution is 5.93. The molecule has 8 nitrogen and oxygen atoms in total. The van der Waals surface area contributed by atoms with Crippen LogP contribution >= 0.6 is 0 Å². The zero-order chi connectivity index (χ0) is 18.4. The van der Waals surface area contributed by atoms with Crippen LogP contribution in [0.5, 0.6) is 0 Å². The Labute approximate surface area is 148 Å². The Morgan fingerprint density at radius 1 is 1.00 bits per heavy atom. The molecule has 132 valence electrons. The second-order valence-electron chi connectivity index (χ2n) is 5.40. The largest absolute Gasteiger partial charge is 0.451 e.